The molecule has 0 aliphatic heterocycles. The van der Waals surface area contributed by atoms with Crippen molar-refractivity contribution in [3.05, 3.63) is 0 Å². The van der Waals surface area contributed by atoms with E-state index in [0.29, 0.717) is 6.54 Å². The van der Waals surface area contributed by atoms with Gasteiger partial charge in [-0.3, -0.25) is 0 Å². The van der Waals surface area contributed by atoms with Gasteiger partial charge in [0.1, 0.15) is 6.04 Å². The number of carboxylic acid groups (broad SMARTS) is 1. The highest BCUT2D eigenvalue weighted by molar-refractivity contribution is 8.00. The Morgan fingerprint density at radius 3 is 2.26 bits per heavy atom. The number of nitrogens with one attached hydrogen (secondary N) is 2. The molecule has 6 heteroatoms. The first-order chi connectivity index (χ1) is 8.70. The number of amides is 2. The zero-order chi connectivity index (χ0) is 14.7. The van der Waals surface area contributed by atoms with Gasteiger partial charge in [-0.1, -0.05) is 27.2 Å². The summed E-state index contributed by atoms with van der Waals surface area (Å²) in [5.74, 6) is -1.01. The van der Waals surface area contributed by atoms with Crippen LogP contribution in [0.2, 0.25) is 0 Å². The molecule has 0 aromatic rings. The first kappa shape index (κ1) is 16.1. The third-order valence-corrected chi connectivity index (χ3v) is 5.08. The monoisotopic (exact) mass is 288 g/mol. The Kier molecular flexibility index (Phi) is 5.12. The van der Waals surface area contributed by atoms with Crippen molar-refractivity contribution in [2.24, 2.45) is 5.41 Å². The normalized spacial score (nSPS) is 19.2. The largest absolute Gasteiger partial charge is 0.480 e. The lowest BCUT2D eigenvalue weighted by atomic mass is 9.84. The fourth-order valence-corrected chi connectivity index (χ4v) is 3.01. The number of carbonyl (C=O) groups is 2. The van der Waals surface area contributed by atoms with Crippen molar-refractivity contribution < 1.29 is 14.7 Å². The van der Waals surface area contributed by atoms with Gasteiger partial charge in [0, 0.05) is 11.3 Å². The molecule has 1 atom stereocenters. The molecule has 0 saturated heterocycles. The average molecular weight is 288 g/mol. The lowest BCUT2D eigenvalue weighted by molar-refractivity contribution is -0.141. The van der Waals surface area contributed by atoms with E-state index in [1.165, 1.54) is 6.42 Å². The van der Waals surface area contributed by atoms with Crippen LogP contribution in [0.5, 0.6) is 0 Å². The van der Waals surface area contributed by atoms with Crippen LogP contribution in [0.15, 0.2) is 0 Å². The minimum absolute atomic E-state index is 0.151. The molecule has 0 aromatic carbocycles. The van der Waals surface area contributed by atoms with Crippen molar-refractivity contribution in [1.82, 2.24) is 10.6 Å². The fourth-order valence-electron chi connectivity index (χ4n) is 2.10. The quantitative estimate of drug-likeness (QED) is 0.723. The Hall–Kier alpha value is -0.910. The molecule has 1 rings (SSSR count). The number of rotatable bonds is 5. The van der Waals surface area contributed by atoms with Crippen LogP contribution < -0.4 is 10.6 Å². The van der Waals surface area contributed by atoms with Crippen LogP contribution in [0.4, 0.5) is 4.79 Å². The summed E-state index contributed by atoms with van der Waals surface area (Å²) in [7, 11) is 0. The number of hydrogen-bond donors (Lipinski definition) is 3. The lowest BCUT2D eigenvalue weighted by Gasteiger charge is -2.40. The van der Waals surface area contributed by atoms with E-state index in [9.17, 15) is 9.59 Å². The maximum atomic E-state index is 11.8. The molecule has 0 radical (unpaired) electrons. The predicted octanol–water partition coefficient (Wildman–Crippen LogP) is 2.07. The topological polar surface area (TPSA) is 78.4 Å². The molecule has 0 heterocycles. The van der Waals surface area contributed by atoms with E-state index in [2.05, 4.69) is 10.6 Å². The number of carboxylic acids is 1. The van der Waals surface area contributed by atoms with E-state index in [1.54, 1.807) is 32.5 Å². The summed E-state index contributed by atoms with van der Waals surface area (Å²) in [4.78, 5) is 23.0. The van der Waals surface area contributed by atoms with Gasteiger partial charge in [0.2, 0.25) is 0 Å². The van der Waals surface area contributed by atoms with E-state index in [0.717, 1.165) is 12.8 Å². The molecule has 19 heavy (non-hydrogen) atoms. The standard InChI is InChI=1S/C13H24N2O3S/c1-12(2,3)9(10(16)17)15-11(18)14-8-13(19-4)6-5-7-13/h9H,5-8H2,1-4H3,(H,16,17)(H2,14,15,18)/t9-/m0/s1. The number of hydrogen-bond acceptors (Lipinski definition) is 3. The van der Waals surface area contributed by atoms with E-state index in [1.807, 2.05) is 6.26 Å². The lowest BCUT2D eigenvalue weighted by Crippen LogP contribution is -2.55. The predicted molar refractivity (Wildman–Crippen MR) is 77.5 cm³/mol. The van der Waals surface area contributed by atoms with Crippen LogP contribution in [0.3, 0.4) is 0 Å². The van der Waals surface area contributed by atoms with Gasteiger partial charge in [0.05, 0.1) is 0 Å². The molecule has 1 saturated carbocycles. The summed E-state index contributed by atoms with van der Waals surface area (Å²) in [6.07, 6.45) is 5.46. The van der Waals surface area contributed by atoms with E-state index < -0.39 is 23.5 Å². The molecular weight excluding hydrogens is 264 g/mol. The van der Waals surface area contributed by atoms with Crippen LogP contribution in [-0.4, -0.2) is 40.7 Å². The van der Waals surface area contributed by atoms with Crippen LogP contribution in [-0.2, 0) is 4.79 Å². The first-order valence-electron chi connectivity index (χ1n) is 6.52. The van der Waals surface area contributed by atoms with Gasteiger partial charge in [-0.15, -0.1) is 0 Å². The average Bonchev–Trinajstić information content (AvgIpc) is 2.23. The van der Waals surface area contributed by atoms with Crippen molar-refractivity contribution >= 4 is 23.8 Å². The minimum atomic E-state index is -1.01. The highest BCUT2D eigenvalue weighted by atomic mass is 32.2. The molecule has 1 aliphatic carbocycles. The van der Waals surface area contributed by atoms with Gasteiger partial charge >= 0.3 is 12.0 Å². The third kappa shape index (κ3) is 4.30. The molecule has 5 nitrogen and oxygen atoms in total. The smallest absolute Gasteiger partial charge is 0.326 e. The van der Waals surface area contributed by atoms with Crippen molar-refractivity contribution in [2.75, 3.05) is 12.8 Å². The molecule has 0 aromatic heterocycles. The van der Waals surface area contributed by atoms with Gasteiger partial charge in [-0.25, -0.2) is 9.59 Å². The fraction of sp³-hybridized carbons (Fsp3) is 0.846. The van der Waals surface area contributed by atoms with E-state index >= 15 is 0 Å². The summed E-state index contributed by atoms with van der Waals surface area (Å²) >= 11 is 1.77. The van der Waals surface area contributed by atoms with Gasteiger partial charge in [-0.2, -0.15) is 11.8 Å². The maximum absolute atomic E-state index is 11.8. The van der Waals surface area contributed by atoms with Crippen LogP contribution in [0.25, 0.3) is 0 Å². The Labute approximate surface area is 118 Å². The molecule has 2 amide bonds. The van der Waals surface area contributed by atoms with Gasteiger partial charge in [-0.05, 0) is 24.5 Å². The Morgan fingerprint density at radius 2 is 1.95 bits per heavy atom. The van der Waals surface area contributed by atoms with Gasteiger partial charge < -0.3 is 15.7 Å². The summed E-state index contributed by atoms with van der Waals surface area (Å²) in [5, 5.41) is 14.5. The SMILES string of the molecule is CSC1(CNC(=O)N[C@@H](C(=O)O)C(C)(C)C)CCC1. The molecule has 0 unspecified atom stereocenters. The van der Waals surface area contributed by atoms with Crippen molar-refractivity contribution in [3.63, 3.8) is 0 Å². The van der Waals surface area contributed by atoms with E-state index in [4.69, 9.17) is 5.11 Å². The third-order valence-electron chi connectivity index (χ3n) is 3.66. The summed E-state index contributed by atoms with van der Waals surface area (Å²) < 4.78 is 0.151. The minimum Gasteiger partial charge on any atom is -0.480 e. The van der Waals surface area contributed by atoms with Crippen molar-refractivity contribution in [2.45, 2.75) is 50.8 Å². The second-order valence-electron chi connectivity index (χ2n) is 6.20. The zero-order valence-corrected chi connectivity index (χ0v) is 12.9. The second kappa shape index (κ2) is 6.03. The molecule has 3 N–H and O–H groups in total. The molecule has 0 spiro atoms. The Bertz CT molecular complexity index is 343. The zero-order valence-electron chi connectivity index (χ0n) is 12.1. The molecule has 1 fully saturated rings. The van der Waals surface area contributed by atoms with Crippen molar-refractivity contribution in [3.8, 4) is 0 Å². The number of aliphatic carboxylic acids is 1. The van der Waals surface area contributed by atoms with E-state index in [-0.39, 0.29) is 4.75 Å². The number of carbonyl (C=O) groups excluding carboxylic acids is 1. The number of thioether (sulfide) groups is 1. The molecular formula is C13H24N2O3S. The molecule has 110 valence electrons. The number of urea groups is 1. The highest BCUT2D eigenvalue weighted by Gasteiger charge is 2.37. The van der Waals surface area contributed by atoms with Crippen LogP contribution in [0, 0.1) is 5.41 Å². The van der Waals surface area contributed by atoms with Gasteiger partial charge in [0.25, 0.3) is 0 Å². The molecule has 1 aliphatic rings. The van der Waals surface area contributed by atoms with Crippen molar-refractivity contribution in [1.29, 1.82) is 0 Å². The van der Waals surface area contributed by atoms with Gasteiger partial charge in [0.15, 0.2) is 0 Å². The summed E-state index contributed by atoms with van der Waals surface area (Å²) in [6, 6.07) is -1.29. The highest BCUT2D eigenvalue weighted by Crippen LogP contribution is 2.42. The summed E-state index contributed by atoms with van der Waals surface area (Å²) in [6.45, 7) is 5.97. The van der Waals surface area contributed by atoms with Crippen LogP contribution >= 0.6 is 11.8 Å². The summed E-state index contributed by atoms with van der Waals surface area (Å²) in [5.41, 5.74) is -0.517. The van der Waals surface area contributed by atoms with Crippen LogP contribution in [0.1, 0.15) is 40.0 Å². The Morgan fingerprint density at radius 1 is 1.37 bits per heavy atom. The Balaban J connectivity index is 2.47. The second-order valence-corrected chi connectivity index (χ2v) is 7.48. The first-order valence-corrected chi connectivity index (χ1v) is 7.75. The molecule has 0 bridgehead atoms. The maximum Gasteiger partial charge on any atom is 0.326 e.